The Bertz CT molecular complexity index is 776. The van der Waals surface area contributed by atoms with Gasteiger partial charge in [0.05, 0.1) is 0 Å². The zero-order valence-corrected chi connectivity index (χ0v) is 15.7. The normalized spacial score (nSPS) is 13.5. The Balaban J connectivity index is 1.66. The minimum Gasteiger partial charge on any atom is -0.476 e. The second-order valence-corrected chi connectivity index (χ2v) is 6.86. The van der Waals surface area contributed by atoms with E-state index in [4.69, 9.17) is 4.74 Å². The summed E-state index contributed by atoms with van der Waals surface area (Å²) in [6.07, 6.45) is 3.78. The van der Waals surface area contributed by atoms with Crippen molar-refractivity contribution in [1.82, 2.24) is 9.88 Å². The third-order valence-electron chi connectivity index (χ3n) is 4.47. The van der Waals surface area contributed by atoms with Crippen LogP contribution in [-0.4, -0.2) is 56.6 Å². The number of nitrogens with zero attached hydrogens (tertiary/aromatic N) is 3. The van der Waals surface area contributed by atoms with Crippen LogP contribution >= 0.6 is 0 Å². The molecule has 0 spiro atoms. The lowest BCUT2D eigenvalue weighted by atomic mass is 10.0. The molecule has 0 saturated heterocycles. The molecule has 3 rings (SSSR count). The highest BCUT2D eigenvalue weighted by molar-refractivity contribution is 6.04. The largest absolute Gasteiger partial charge is 0.476 e. The number of ether oxygens (including phenoxy) is 1. The summed E-state index contributed by atoms with van der Waals surface area (Å²) in [5.41, 5.74) is 3.87. The van der Waals surface area contributed by atoms with Crippen LogP contribution < -0.4 is 15.0 Å². The molecule has 1 amide bonds. The fraction of sp³-hybridized carbons (Fsp3) is 0.400. The number of pyridine rings is 1. The minimum atomic E-state index is -0.158. The van der Waals surface area contributed by atoms with Crippen molar-refractivity contribution in [3.8, 4) is 5.88 Å². The lowest BCUT2D eigenvalue weighted by Crippen LogP contribution is -2.24. The summed E-state index contributed by atoms with van der Waals surface area (Å²) in [7, 11) is 6.07. The molecule has 1 N–H and O–H groups in total. The van der Waals surface area contributed by atoms with E-state index in [0.29, 0.717) is 18.1 Å². The minimum absolute atomic E-state index is 0.158. The molecule has 1 aliphatic heterocycles. The van der Waals surface area contributed by atoms with E-state index in [1.807, 2.05) is 25.1 Å². The van der Waals surface area contributed by atoms with Crippen LogP contribution in [0, 0.1) is 0 Å². The van der Waals surface area contributed by atoms with E-state index >= 15 is 0 Å². The Kier molecular flexibility index (Phi) is 5.73. The van der Waals surface area contributed by atoms with Crippen molar-refractivity contribution in [2.45, 2.75) is 12.8 Å². The Hall–Kier alpha value is -2.60. The van der Waals surface area contributed by atoms with E-state index in [-0.39, 0.29) is 5.91 Å². The summed E-state index contributed by atoms with van der Waals surface area (Å²) in [5.74, 6) is 0.306. The predicted octanol–water partition coefficient (Wildman–Crippen LogP) is 2.66. The predicted molar refractivity (Wildman–Crippen MR) is 104 cm³/mol. The van der Waals surface area contributed by atoms with Gasteiger partial charge in [0.25, 0.3) is 5.91 Å². The zero-order valence-electron chi connectivity index (χ0n) is 15.7. The van der Waals surface area contributed by atoms with Crippen LogP contribution in [0.5, 0.6) is 5.88 Å². The highest BCUT2D eigenvalue weighted by atomic mass is 16.5. The molecule has 6 heteroatoms. The van der Waals surface area contributed by atoms with Gasteiger partial charge in [-0.1, -0.05) is 0 Å². The highest BCUT2D eigenvalue weighted by Crippen LogP contribution is 2.28. The molecule has 1 aromatic carbocycles. The molecule has 0 fully saturated rings. The summed E-state index contributed by atoms with van der Waals surface area (Å²) >= 11 is 0. The third-order valence-corrected chi connectivity index (χ3v) is 4.47. The van der Waals surface area contributed by atoms with Crippen LogP contribution in [0.1, 0.15) is 22.3 Å². The Labute approximate surface area is 154 Å². The van der Waals surface area contributed by atoms with Crippen molar-refractivity contribution in [3.63, 3.8) is 0 Å². The number of anilines is 2. The zero-order chi connectivity index (χ0) is 18.5. The van der Waals surface area contributed by atoms with Crippen molar-refractivity contribution in [2.75, 3.05) is 51.1 Å². The number of benzene rings is 1. The number of hydrogen-bond donors (Lipinski definition) is 1. The lowest BCUT2D eigenvalue weighted by molar-refractivity contribution is 0.102. The summed E-state index contributed by atoms with van der Waals surface area (Å²) in [6, 6.07) is 9.47. The molecule has 0 atom stereocenters. The maximum Gasteiger partial charge on any atom is 0.255 e. The molecule has 0 aliphatic carbocycles. The van der Waals surface area contributed by atoms with Gasteiger partial charge in [-0.3, -0.25) is 4.79 Å². The first-order chi connectivity index (χ1) is 12.5. The number of hydrogen-bond acceptors (Lipinski definition) is 5. The standard InChI is InChI=1S/C20H26N4O2/c1-23(2)11-12-26-19-14-16(8-9-21-19)20(25)22-17-6-7-18-15(13-17)5-4-10-24(18)3/h6-9,13-14H,4-5,10-12H2,1-3H3,(H,22,25). The van der Waals surface area contributed by atoms with Crippen LogP contribution in [0.4, 0.5) is 11.4 Å². The first-order valence-corrected chi connectivity index (χ1v) is 8.92. The second kappa shape index (κ2) is 8.19. The Morgan fingerprint density at radius 3 is 2.96 bits per heavy atom. The molecule has 2 aromatic rings. The average Bonchev–Trinajstić information content (AvgIpc) is 2.62. The molecule has 0 unspecified atom stereocenters. The molecule has 0 saturated carbocycles. The first-order valence-electron chi connectivity index (χ1n) is 8.92. The van der Waals surface area contributed by atoms with E-state index in [9.17, 15) is 4.79 Å². The molecule has 0 radical (unpaired) electrons. The number of aryl methyl sites for hydroxylation is 1. The molecule has 0 bridgehead atoms. The number of carbonyl (C=O) groups is 1. The van der Waals surface area contributed by atoms with Crippen molar-refractivity contribution in [2.24, 2.45) is 0 Å². The van der Waals surface area contributed by atoms with Gasteiger partial charge in [0.1, 0.15) is 6.61 Å². The van der Waals surface area contributed by atoms with E-state index in [2.05, 4.69) is 34.4 Å². The molecule has 26 heavy (non-hydrogen) atoms. The molecule has 1 aliphatic rings. The molecule has 6 nitrogen and oxygen atoms in total. The van der Waals surface area contributed by atoms with Crippen molar-refractivity contribution >= 4 is 17.3 Å². The van der Waals surface area contributed by atoms with Gasteiger partial charge >= 0.3 is 0 Å². The third kappa shape index (κ3) is 4.52. The number of nitrogens with one attached hydrogen (secondary N) is 1. The van der Waals surface area contributed by atoms with Gasteiger partial charge in [0, 0.05) is 49.3 Å². The van der Waals surface area contributed by atoms with Gasteiger partial charge in [-0.15, -0.1) is 0 Å². The fourth-order valence-corrected chi connectivity index (χ4v) is 3.03. The van der Waals surface area contributed by atoms with Gasteiger partial charge in [-0.2, -0.15) is 0 Å². The quantitative estimate of drug-likeness (QED) is 0.864. The van der Waals surface area contributed by atoms with Crippen LogP contribution in [0.25, 0.3) is 0 Å². The van der Waals surface area contributed by atoms with Gasteiger partial charge in [-0.05, 0) is 56.8 Å². The van der Waals surface area contributed by atoms with Crippen LogP contribution in [-0.2, 0) is 6.42 Å². The van der Waals surface area contributed by atoms with E-state index in [0.717, 1.165) is 31.6 Å². The SMILES string of the molecule is CN(C)CCOc1cc(C(=O)Nc2ccc3c(c2)CCCN3C)ccn1. The van der Waals surface area contributed by atoms with Crippen LogP contribution in [0.3, 0.4) is 0 Å². The van der Waals surface area contributed by atoms with E-state index in [1.165, 1.54) is 11.3 Å². The summed E-state index contributed by atoms with van der Waals surface area (Å²) in [4.78, 5) is 21.0. The lowest BCUT2D eigenvalue weighted by Gasteiger charge is -2.27. The summed E-state index contributed by atoms with van der Waals surface area (Å²) < 4.78 is 5.61. The van der Waals surface area contributed by atoms with Gasteiger partial charge in [0.2, 0.25) is 5.88 Å². The van der Waals surface area contributed by atoms with Gasteiger partial charge in [0.15, 0.2) is 0 Å². The van der Waals surface area contributed by atoms with Crippen molar-refractivity contribution < 1.29 is 9.53 Å². The average molecular weight is 354 g/mol. The van der Waals surface area contributed by atoms with Crippen molar-refractivity contribution in [1.29, 1.82) is 0 Å². The maximum absolute atomic E-state index is 12.6. The highest BCUT2D eigenvalue weighted by Gasteiger charge is 2.15. The number of likely N-dealkylation sites (N-methyl/N-ethyl adjacent to an activating group) is 1. The van der Waals surface area contributed by atoms with E-state index < -0.39 is 0 Å². The molecule has 2 heterocycles. The number of carbonyl (C=O) groups excluding carboxylic acids is 1. The molecular formula is C20H26N4O2. The monoisotopic (exact) mass is 354 g/mol. The van der Waals surface area contributed by atoms with E-state index in [1.54, 1.807) is 18.3 Å². The smallest absolute Gasteiger partial charge is 0.255 e. The molecule has 138 valence electrons. The maximum atomic E-state index is 12.6. The molecular weight excluding hydrogens is 328 g/mol. The van der Waals surface area contributed by atoms with Crippen molar-refractivity contribution in [3.05, 3.63) is 47.7 Å². The number of aromatic nitrogens is 1. The Morgan fingerprint density at radius 2 is 2.15 bits per heavy atom. The number of amides is 1. The van der Waals surface area contributed by atoms with Crippen LogP contribution in [0.2, 0.25) is 0 Å². The van der Waals surface area contributed by atoms with Crippen LogP contribution in [0.15, 0.2) is 36.5 Å². The number of fused-ring (bicyclic) bond motifs is 1. The fourth-order valence-electron chi connectivity index (χ4n) is 3.03. The molecule has 1 aromatic heterocycles. The summed E-state index contributed by atoms with van der Waals surface area (Å²) in [5, 5.41) is 2.98. The van der Waals surface area contributed by atoms with Gasteiger partial charge in [-0.25, -0.2) is 4.98 Å². The Morgan fingerprint density at radius 1 is 1.31 bits per heavy atom. The van der Waals surface area contributed by atoms with Gasteiger partial charge < -0.3 is 19.9 Å². The summed E-state index contributed by atoms with van der Waals surface area (Å²) in [6.45, 7) is 2.40. The first kappa shape index (κ1) is 18.2. The topological polar surface area (TPSA) is 57.7 Å². The number of rotatable bonds is 6. The second-order valence-electron chi connectivity index (χ2n) is 6.86.